The fourth-order valence-electron chi connectivity index (χ4n) is 0.997. The van der Waals surface area contributed by atoms with Crippen molar-refractivity contribution in [3.05, 3.63) is 16.6 Å². The van der Waals surface area contributed by atoms with Gasteiger partial charge < -0.3 is 10.5 Å². The number of alkyl halides is 3. The third kappa shape index (κ3) is 3.75. The normalized spacial score (nSPS) is 12.5. The van der Waals surface area contributed by atoms with Gasteiger partial charge in [0, 0.05) is 10.5 Å². The second-order valence-corrected chi connectivity index (χ2v) is 5.29. The number of sulfonamides is 1. The lowest BCUT2D eigenvalue weighted by molar-refractivity contribution is -0.274. The molecule has 0 fully saturated rings. The fourth-order valence-corrected chi connectivity index (χ4v) is 2.26. The number of hydrogen-bond acceptors (Lipinski definition) is 4. The lowest BCUT2D eigenvalue weighted by atomic mass is 10.3. The number of anilines is 1. The van der Waals surface area contributed by atoms with Crippen LogP contribution < -0.4 is 15.6 Å². The van der Waals surface area contributed by atoms with E-state index in [1.807, 2.05) is 0 Å². The Kier molecular flexibility index (Phi) is 3.60. The maximum Gasteiger partial charge on any atom is 0.573 e. The molecule has 0 spiro atoms. The summed E-state index contributed by atoms with van der Waals surface area (Å²) in [6.07, 6.45) is -4.94. The van der Waals surface area contributed by atoms with Gasteiger partial charge in [-0.15, -0.1) is 13.2 Å². The monoisotopic (exact) mass is 334 g/mol. The number of hydrogen-bond donors (Lipinski definition) is 2. The molecule has 1 aromatic carbocycles. The van der Waals surface area contributed by atoms with Crippen molar-refractivity contribution in [3.8, 4) is 5.75 Å². The molecule has 0 aliphatic rings. The van der Waals surface area contributed by atoms with E-state index in [0.29, 0.717) is 6.07 Å². The highest BCUT2D eigenvalue weighted by molar-refractivity contribution is 9.10. The molecule has 1 rings (SSSR count). The maximum atomic E-state index is 12.0. The molecule has 5 nitrogen and oxygen atoms in total. The first-order valence-electron chi connectivity index (χ1n) is 3.88. The van der Waals surface area contributed by atoms with Crippen LogP contribution in [0.5, 0.6) is 5.75 Å². The summed E-state index contributed by atoms with van der Waals surface area (Å²) in [5, 5.41) is 4.79. The van der Waals surface area contributed by atoms with E-state index in [9.17, 15) is 21.6 Å². The van der Waals surface area contributed by atoms with E-state index in [0.717, 1.165) is 6.07 Å². The Morgan fingerprint density at radius 2 is 1.82 bits per heavy atom. The van der Waals surface area contributed by atoms with Gasteiger partial charge in [-0.2, -0.15) is 0 Å². The van der Waals surface area contributed by atoms with E-state index in [2.05, 4.69) is 20.7 Å². The van der Waals surface area contributed by atoms with Crippen molar-refractivity contribution in [1.29, 1.82) is 0 Å². The maximum absolute atomic E-state index is 12.0. The van der Waals surface area contributed by atoms with Crippen LogP contribution in [0.2, 0.25) is 0 Å². The second kappa shape index (κ2) is 4.35. The predicted octanol–water partition coefficient (Wildman–Crippen LogP) is 1.58. The molecule has 96 valence electrons. The highest BCUT2D eigenvalue weighted by atomic mass is 79.9. The van der Waals surface area contributed by atoms with Crippen LogP contribution in [0.15, 0.2) is 21.5 Å². The summed E-state index contributed by atoms with van der Waals surface area (Å²) in [7, 11) is -4.24. The Morgan fingerprint density at radius 3 is 2.24 bits per heavy atom. The third-order valence-corrected chi connectivity index (χ3v) is 3.21. The summed E-state index contributed by atoms with van der Waals surface area (Å²) >= 11 is 2.80. The summed E-state index contributed by atoms with van der Waals surface area (Å²) in [5.74, 6) is -0.734. The summed E-state index contributed by atoms with van der Waals surface area (Å²) in [6, 6.07) is 1.49. The third-order valence-electron chi connectivity index (χ3n) is 1.61. The fraction of sp³-hybridized carbons (Fsp3) is 0.143. The molecular weight excluding hydrogens is 329 g/mol. The molecule has 0 aliphatic heterocycles. The van der Waals surface area contributed by atoms with Gasteiger partial charge in [0.1, 0.15) is 10.6 Å². The first-order chi connectivity index (χ1) is 7.50. The summed E-state index contributed by atoms with van der Waals surface area (Å²) in [5.41, 5.74) is 5.07. The molecule has 0 aliphatic carbocycles. The molecule has 10 heteroatoms. The van der Waals surface area contributed by atoms with Crippen LogP contribution in [-0.4, -0.2) is 14.8 Å². The van der Waals surface area contributed by atoms with Gasteiger partial charge in [-0.05, 0) is 22.0 Å². The van der Waals surface area contributed by atoms with E-state index in [-0.39, 0.29) is 10.2 Å². The van der Waals surface area contributed by atoms with E-state index < -0.39 is 27.0 Å². The number of nitrogens with two attached hydrogens (primary N) is 2. The van der Waals surface area contributed by atoms with Gasteiger partial charge in [-0.1, -0.05) is 0 Å². The van der Waals surface area contributed by atoms with Crippen LogP contribution in [-0.2, 0) is 10.0 Å². The average molecular weight is 335 g/mol. The van der Waals surface area contributed by atoms with Gasteiger partial charge in [0.15, 0.2) is 0 Å². The van der Waals surface area contributed by atoms with Crippen molar-refractivity contribution in [3.63, 3.8) is 0 Å². The van der Waals surface area contributed by atoms with E-state index >= 15 is 0 Å². The van der Waals surface area contributed by atoms with Crippen LogP contribution >= 0.6 is 15.9 Å². The molecule has 1 aromatic rings. The molecule has 0 heterocycles. The van der Waals surface area contributed by atoms with Crippen molar-refractivity contribution in [2.24, 2.45) is 5.14 Å². The van der Waals surface area contributed by atoms with Crippen LogP contribution in [0.1, 0.15) is 0 Å². The number of rotatable bonds is 2. The summed E-state index contributed by atoms with van der Waals surface area (Å²) in [6.45, 7) is 0. The van der Waals surface area contributed by atoms with Crippen molar-refractivity contribution in [1.82, 2.24) is 0 Å². The number of nitrogen functional groups attached to an aromatic ring is 1. The molecule has 0 saturated carbocycles. The van der Waals surface area contributed by atoms with Crippen LogP contribution in [0.3, 0.4) is 0 Å². The lowest BCUT2D eigenvalue weighted by Crippen LogP contribution is -2.19. The Hall–Kier alpha value is -1.00. The smallest absolute Gasteiger partial charge is 0.406 e. The standard InChI is InChI=1S/C7H6BrF3N2O3S/c8-4-1-3(16-7(9,10)11)2-5(6(4)12)17(13,14)15/h1-2H,12H2,(H2,13,14,15). The molecule has 0 atom stereocenters. The molecule has 0 amide bonds. The molecule has 4 N–H and O–H groups in total. The van der Waals surface area contributed by atoms with E-state index in [4.69, 9.17) is 10.9 Å². The first kappa shape index (κ1) is 14.1. The Labute approximate surface area is 103 Å². The van der Waals surface area contributed by atoms with Gasteiger partial charge in [-0.25, -0.2) is 13.6 Å². The van der Waals surface area contributed by atoms with E-state index in [1.165, 1.54) is 0 Å². The largest absolute Gasteiger partial charge is 0.573 e. The number of benzene rings is 1. The molecule has 0 saturated heterocycles. The first-order valence-corrected chi connectivity index (χ1v) is 6.22. The van der Waals surface area contributed by atoms with Crippen molar-refractivity contribution < 1.29 is 26.3 Å². The minimum absolute atomic E-state index is 0.0664. The minimum atomic E-state index is -4.94. The lowest BCUT2D eigenvalue weighted by Gasteiger charge is -2.12. The highest BCUT2D eigenvalue weighted by Crippen LogP contribution is 2.33. The van der Waals surface area contributed by atoms with Gasteiger partial charge in [-0.3, -0.25) is 0 Å². The van der Waals surface area contributed by atoms with Gasteiger partial charge >= 0.3 is 6.36 Å². The molecular formula is C7H6BrF3N2O3S. The van der Waals surface area contributed by atoms with Crippen molar-refractivity contribution in [2.75, 3.05) is 5.73 Å². The summed E-state index contributed by atoms with van der Waals surface area (Å²) < 4.78 is 61.5. The molecule has 0 radical (unpaired) electrons. The highest BCUT2D eigenvalue weighted by Gasteiger charge is 2.32. The minimum Gasteiger partial charge on any atom is -0.406 e. The molecule has 17 heavy (non-hydrogen) atoms. The van der Waals surface area contributed by atoms with Crippen LogP contribution in [0, 0.1) is 0 Å². The predicted molar refractivity (Wildman–Crippen MR) is 56.6 cm³/mol. The van der Waals surface area contributed by atoms with Crippen molar-refractivity contribution in [2.45, 2.75) is 11.3 Å². The Balaban J connectivity index is 3.35. The van der Waals surface area contributed by atoms with Crippen LogP contribution in [0.25, 0.3) is 0 Å². The average Bonchev–Trinajstić information content (AvgIpc) is 2.06. The zero-order valence-corrected chi connectivity index (χ0v) is 10.4. The zero-order chi connectivity index (χ0) is 13.4. The van der Waals surface area contributed by atoms with Gasteiger partial charge in [0.2, 0.25) is 10.0 Å². The summed E-state index contributed by atoms with van der Waals surface area (Å²) in [4.78, 5) is -0.647. The second-order valence-electron chi connectivity index (χ2n) is 2.91. The quantitative estimate of drug-likeness (QED) is 0.802. The van der Waals surface area contributed by atoms with Crippen molar-refractivity contribution >= 4 is 31.6 Å². The number of primary sulfonamides is 1. The van der Waals surface area contributed by atoms with Gasteiger partial charge in [0.05, 0.1) is 5.69 Å². The van der Waals surface area contributed by atoms with Gasteiger partial charge in [0.25, 0.3) is 0 Å². The number of halogens is 4. The SMILES string of the molecule is Nc1c(Br)cc(OC(F)(F)F)cc1S(N)(=O)=O. The van der Waals surface area contributed by atoms with E-state index in [1.54, 1.807) is 0 Å². The molecule has 0 bridgehead atoms. The Morgan fingerprint density at radius 1 is 1.29 bits per heavy atom. The topological polar surface area (TPSA) is 95.4 Å². The molecule has 0 aromatic heterocycles. The number of ether oxygens (including phenoxy) is 1. The Bertz CT molecular complexity index is 544. The zero-order valence-electron chi connectivity index (χ0n) is 7.95. The molecule has 0 unspecified atom stereocenters. The van der Waals surface area contributed by atoms with Crippen LogP contribution in [0.4, 0.5) is 18.9 Å².